The Balaban J connectivity index is 2.02. The molecule has 1 heterocycles. The van der Waals surface area contributed by atoms with E-state index < -0.39 is 36.4 Å². The van der Waals surface area contributed by atoms with Gasteiger partial charge < -0.3 is 30.3 Å². The highest BCUT2D eigenvalue weighted by Gasteiger charge is 2.41. The van der Waals surface area contributed by atoms with Crippen LogP contribution >= 0.6 is 0 Å². The molecule has 8 heteroatoms. The summed E-state index contributed by atoms with van der Waals surface area (Å²) < 4.78 is 5.46. The van der Waals surface area contributed by atoms with Crippen LogP contribution in [0.25, 0.3) is 6.08 Å². The van der Waals surface area contributed by atoms with Gasteiger partial charge in [-0.05, 0) is 43.5 Å². The summed E-state index contributed by atoms with van der Waals surface area (Å²) in [6, 6.07) is 9.58. The first-order chi connectivity index (χ1) is 14.8. The van der Waals surface area contributed by atoms with Crippen LogP contribution < -0.4 is 10.2 Å². The first kappa shape index (κ1) is 24.8. The van der Waals surface area contributed by atoms with Gasteiger partial charge in [0, 0.05) is 25.3 Å². The van der Waals surface area contributed by atoms with Gasteiger partial charge in [-0.15, -0.1) is 0 Å². The summed E-state index contributed by atoms with van der Waals surface area (Å²) in [5.74, 6) is -0.603. The van der Waals surface area contributed by atoms with Gasteiger partial charge in [0.2, 0.25) is 0 Å². The number of hydrogen-bond donors (Lipinski definition) is 4. The predicted octanol–water partition coefficient (Wildman–Crippen LogP) is 1.21. The fourth-order valence-electron chi connectivity index (χ4n) is 3.60. The highest BCUT2D eigenvalue weighted by molar-refractivity contribution is 6.01. The van der Waals surface area contributed by atoms with Gasteiger partial charge >= 0.3 is 0 Å². The summed E-state index contributed by atoms with van der Waals surface area (Å²) in [7, 11) is 0. The highest BCUT2D eigenvalue weighted by atomic mass is 16.5. The topological polar surface area (TPSA) is 126 Å². The largest absolute Gasteiger partial charge is 0.388 e. The molecule has 1 unspecified atom stereocenters. The maximum atomic E-state index is 12.4. The Morgan fingerprint density at radius 2 is 1.74 bits per heavy atom. The summed E-state index contributed by atoms with van der Waals surface area (Å²) in [6.45, 7) is 7.68. The standard InChI is InChI=1S/C23H33N3O5/c1-4-10-26(11-5-2)18-8-6-16(7-9-18)12-17(13-24)23(30)25-14-19-21(28)22(29)20(27)15(3)31-19/h6-9,12,15,19-22,27-29H,4-5,10-11,14H2,1-3H3,(H,25,30)/b17-12+/t15?,19-,20+,21-,22-/m1/s1. The van der Waals surface area contributed by atoms with Gasteiger partial charge in [0.1, 0.15) is 36.1 Å². The van der Waals surface area contributed by atoms with Crippen LogP contribution in [0.4, 0.5) is 5.69 Å². The Morgan fingerprint density at radius 1 is 1.13 bits per heavy atom. The minimum absolute atomic E-state index is 0.0781. The molecule has 1 aliphatic rings. The molecule has 8 nitrogen and oxygen atoms in total. The average Bonchev–Trinajstić information content (AvgIpc) is 2.77. The number of aliphatic hydroxyl groups excluding tert-OH is 3. The summed E-state index contributed by atoms with van der Waals surface area (Å²) in [4.78, 5) is 14.7. The maximum absolute atomic E-state index is 12.4. The molecule has 0 saturated carbocycles. The molecule has 170 valence electrons. The van der Waals surface area contributed by atoms with Gasteiger partial charge in [-0.1, -0.05) is 26.0 Å². The Morgan fingerprint density at radius 3 is 2.29 bits per heavy atom. The lowest BCUT2D eigenvalue weighted by molar-refractivity contribution is -0.215. The van der Waals surface area contributed by atoms with Crippen molar-refractivity contribution in [3.05, 3.63) is 35.4 Å². The molecule has 1 aliphatic heterocycles. The van der Waals surface area contributed by atoms with E-state index in [0.717, 1.165) is 37.2 Å². The van der Waals surface area contributed by atoms with Crippen molar-refractivity contribution >= 4 is 17.7 Å². The van der Waals surface area contributed by atoms with Crippen molar-refractivity contribution < 1.29 is 24.9 Å². The van der Waals surface area contributed by atoms with Crippen LogP contribution in [0, 0.1) is 11.3 Å². The number of nitriles is 1. The average molecular weight is 432 g/mol. The molecule has 1 aromatic carbocycles. The minimum Gasteiger partial charge on any atom is -0.388 e. The van der Waals surface area contributed by atoms with Crippen LogP contribution in [0.3, 0.4) is 0 Å². The number of ether oxygens (including phenoxy) is 1. The zero-order valence-electron chi connectivity index (χ0n) is 18.4. The zero-order valence-corrected chi connectivity index (χ0v) is 18.4. The van der Waals surface area contributed by atoms with E-state index in [2.05, 4.69) is 24.1 Å². The van der Waals surface area contributed by atoms with Gasteiger partial charge in [-0.3, -0.25) is 4.79 Å². The Hall–Kier alpha value is -2.44. The maximum Gasteiger partial charge on any atom is 0.262 e. The number of carbonyl (C=O) groups is 1. The third-order valence-electron chi connectivity index (χ3n) is 5.34. The monoisotopic (exact) mass is 431 g/mol. The number of benzene rings is 1. The molecule has 2 rings (SSSR count). The van der Waals surface area contributed by atoms with Crippen LogP contribution in [0.5, 0.6) is 0 Å². The Labute approximate surface area is 183 Å². The van der Waals surface area contributed by atoms with Crippen molar-refractivity contribution in [1.82, 2.24) is 5.32 Å². The number of amides is 1. The Kier molecular flexibility index (Phi) is 9.46. The number of carbonyl (C=O) groups excluding carboxylic acids is 1. The van der Waals surface area contributed by atoms with Crippen molar-refractivity contribution in [2.75, 3.05) is 24.5 Å². The molecular formula is C23H33N3O5. The van der Waals surface area contributed by atoms with Crippen molar-refractivity contribution in [1.29, 1.82) is 5.26 Å². The molecule has 1 amide bonds. The van der Waals surface area contributed by atoms with Crippen LogP contribution in [0.2, 0.25) is 0 Å². The summed E-state index contributed by atoms with van der Waals surface area (Å²) in [5, 5.41) is 41.6. The zero-order chi connectivity index (χ0) is 23.0. The first-order valence-corrected chi connectivity index (χ1v) is 10.8. The van der Waals surface area contributed by atoms with Gasteiger partial charge in [-0.25, -0.2) is 0 Å². The molecule has 0 spiro atoms. The molecular weight excluding hydrogens is 398 g/mol. The molecule has 1 saturated heterocycles. The van der Waals surface area contributed by atoms with E-state index in [9.17, 15) is 25.4 Å². The molecule has 0 aliphatic carbocycles. The summed E-state index contributed by atoms with van der Waals surface area (Å²) >= 11 is 0. The molecule has 1 fully saturated rings. The lowest BCUT2D eigenvalue weighted by atomic mass is 9.95. The van der Waals surface area contributed by atoms with E-state index in [0.29, 0.717) is 0 Å². The van der Waals surface area contributed by atoms with Crippen LogP contribution in [0.1, 0.15) is 39.2 Å². The van der Waals surface area contributed by atoms with E-state index >= 15 is 0 Å². The normalized spacial score (nSPS) is 26.2. The first-order valence-electron chi connectivity index (χ1n) is 10.8. The smallest absolute Gasteiger partial charge is 0.262 e. The second kappa shape index (κ2) is 11.8. The minimum atomic E-state index is -1.37. The number of anilines is 1. The lowest BCUT2D eigenvalue weighted by Gasteiger charge is -2.39. The van der Waals surface area contributed by atoms with Crippen LogP contribution in [0.15, 0.2) is 29.8 Å². The molecule has 5 atom stereocenters. The van der Waals surface area contributed by atoms with E-state index in [1.54, 1.807) is 6.92 Å². The third-order valence-corrected chi connectivity index (χ3v) is 5.34. The number of hydrogen-bond acceptors (Lipinski definition) is 7. The fourth-order valence-corrected chi connectivity index (χ4v) is 3.60. The second-order valence-corrected chi connectivity index (χ2v) is 7.81. The number of aliphatic hydroxyl groups is 3. The SMILES string of the molecule is CCCN(CCC)c1ccc(/C=C(\C#N)C(=O)NC[C@H]2OC(C)[C@H](O)[C@@H](O)[C@@H]2O)cc1. The number of nitrogens with one attached hydrogen (secondary N) is 1. The van der Waals surface area contributed by atoms with Crippen LogP contribution in [-0.2, 0) is 9.53 Å². The van der Waals surface area contributed by atoms with Gasteiger partial charge in [-0.2, -0.15) is 5.26 Å². The summed E-state index contributed by atoms with van der Waals surface area (Å²) in [6.07, 6.45) is -1.89. The van der Waals surface area contributed by atoms with Crippen LogP contribution in [-0.4, -0.2) is 71.4 Å². The van der Waals surface area contributed by atoms with Crippen molar-refractivity contribution in [2.24, 2.45) is 0 Å². The van der Waals surface area contributed by atoms with Gasteiger partial charge in [0.05, 0.1) is 6.10 Å². The molecule has 31 heavy (non-hydrogen) atoms. The quantitative estimate of drug-likeness (QED) is 0.342. The van der Waals surface area contributed by atoms with Crippen molar-refractivity contribution in [3.8, 4) is 6.07 Å². The van der Waals surface area contributed by atoms with Gasteiger partial charge in [0.25, 0.3) is 5.91 Å². The third kappa shape index (κ3) is 6.52. The summed E-state index contributed by atoms with van der Waals surface area (Å²) in [5.41, 5.74) is 1.75. The van der Waals surface area contributed by atoms with Crippen molar-refractivity contribution in [3.63, 3.8) is 0 Å². The predicted molar refractivity (Wildman–Crippen MR) is 118 cm³/mol. The number of nitrogens with zero attached hydrogens (tertiary/aromatic N) is 2. The Bertz CT molecular complexity index is 783. The van der Waals surface area contributed by atoms with Crippen molar-refractivity contribution in [2.45, 2.75) is 64.1 Å². The molecule has 4 N–H and O–H groups in total. The van der Waals surface area contributed by atoms with E-state index in [-0.39, 0.29) is 12.1 Å². The number of rotatable bonds is 9. The highest BCUT2D eigenvalue weighted by Crippen LogP contribution is 2.21. The molecule has 0 bridgehead atoms. The molecule has 0 aromatic heterocycles. The molecule has 1 aromatic rings. The van der Waals surface area contributed by atoms with E-state index in [1.165, 1.54) is 6.08 Å². The second-order valence-electron chi connectivity index (χ2n) is 7.81. The fraction of sp³-hybridized carbons (Fsp3) is 0.565. The lowest BCUT2D eigenvalue weighted by Crippen LogP contribution is -2.59. The van der Waals surface area contributed by atoms with E-state index in [4.69, 9.17) is 4.74 Å². The van der Waals surface area contributed by atoms with Gasteiger partial charge in [0.15, 0.2) is 0 Å². The molecule has 0 radical (unpaired) electrons. The van der Waals surface area contributed by atoms with E-state index in [1.807, 2.05) is 30.3 Å².